The van der Waals surface area contributed by atoms with Gasteiger partial charge in [-0.2, -0.15) is 0 Å². The molecule has 1 unspecified atom stereocenters. The lowest BCUT2D eigenvalue weighted by Crippen LogP contribution is -2.69. The third-order valence-electron chi connectivity index (χ3n) is 5.58. The molecule has 0 aromatic rings. The summed E-state index contributed by atoms with van der Waals surface area (Å²) in [5, 5.41) is 3.84. The molecule has 2 rings (SSSR count). The number of hydrogen-bond acceptors (Lipinski definition) is 2. The Kier molecular flexibility index (Phi) is 3.84. The minimum atomic E-state index is 0.379. The van der Waals surface area contributed by atoms with Gasteiger partial charge in [0.25, 0.3) is 0 Å². The van der Waals surface area contributed by atoms with Crippen molar-refractivity contribution in [3.63, 3.8) is 0 Å². The molecule has 1 aliphatic heterocycles. The van der Waals surface area contributed by atoms with Gasteiger partial charge in [-0.05, 0) is 45.4 Å². The highest BCUT2D eigenvalue weighted by Gasteiger charge is 2.46. The third-order valence-corrected chi connectivity index (χ3v) is 5.58. The van der Waals surface area contributed by atoms with E-state index in [-0.39, 0.29) is 0 Å². The minimum absolute atomic E-state index is 0.379. The molecule has 1 N–H and O–H groups in total. The van der Waals surface area contributed by atoms with Crippen LogP contribution in [0, 0.1) is 0 Å². The van der Waals surface area contributed by atoms with E-state index in [0.717, 1.165) is 6.04 Å². The molecular weight excluding hydrogens is 208 g/mol. The van der Waals surface area contributed by atoms with Crippen LogP contribution in [0.25, 0.3) is 0 Å². The van der Waals surface area contributed by atoms with Crippen LogP contribution in [0.5, 0.6) is 0 Å². The zero-order valence-electron chi connectivity index (χ0n) is 12.2. The lowest BCUT2D eigenvalue weighted by Gasteiger charge is -2.58. The van der Waals surface area contributed by atoms with Crippen molar-refractivity contribution >= 4 is 0 Å². The molecule has 1 saturated carbocycles. The van der Waals surface area contributed by atoms with E-state index in [2.05, 4.69) is 37.9 Å². The standard InChI is InChI=1S/C15H30N2/c1-5-13-11-16-15(6-2,7-3)12-17(13)14(4)9-8-10-14/h13,16H,5-12H2,1-4H3. The first-order chi connectivity index (χ1) is 8.09. The highest BCUT2D eigenvalue weighted by Crippen LogP contribution is 2.41. The van der Waals surface area contributed by atoms with Gasteiger partial charge in [0, 0.05) is 30.2 Å². The molecule has 2 fully saturated rings. The summed E-state index contributed by atoms with van der Waals surface area (Å²) >= 11 is 0. The Morgan fingerprint density at radius 3 is 2.24 bits per heavy atom. The number of nitrogens with zero attached hydrogens (tertiary/aromatic N) is 1. The van der Waals surface area contributed by atoms with Crippen LogP contribution >= 0.6 is 0 Å². The highest BCUT2D eigenvalue weighted by molar-refractivity contribution is 5.04. The van der Waals surface area contributed by atoms with Gasteiger partial charge in [-0.1, -0.05) is 20.8 Å². The van der Waals surface area contributed by atoms with E-state index < -0.39 is 0 Å². The van der Waals surface area contributed by atoms with Gasteiger partial charge in [-0.3, -0.25) is 4.90 Å². The Morgan fingerprint density at radius 1 is 1.18 bits per heavy atom. The van der Waals surface area contributed by atoms with Gasteiger partial charge in [0.15, 0.2) is 0 Å². The van der Waals surface area contributed by atoms with E-state index in [9.17, 15) is 0 Å². The van der Waals surface area contributed by atoms with Crippen LogP contribution in [0.3, 0.4) is 0 Å². The molecule has 0 aromatic heterocycles. The molecule has 1 heterocycles. The lowest BCUT2D eigenvalue weighted by atomic mass is 9.73. The molecule has 1 atom stereocenters. The van der Waals surface area contributed by atoms with Crippen molar-refractivity contribution in [3.8, 4) is 0 Å². The summed E-state index contributed by atoms with van der Waals surface area (Å²) < 4.78 is 0. The molecule has 2 heteroatoms. The number of rotatable bonds is 4. The van der Waals surface area contributed by atoms with Gasteiger partial charge in [-0.25, -0.2) is 0 Å². The van der Waals surface area contributed by atoms with Crippen molar-refractivity contribution in [2.24, 2.45) is 0 Å². The second-order valence-electron chi connectivity index (χ2n) is 6.41. The molecule has 0 spiro atoms. The van der Waals surface area contributed by atoms with Crippen LogP contribution in [0.2, 0.25) is 0 Å². The number of piperazine rings is 1. The van der Waals surface area contributed by atoms with Gasteiger partial charge >= 0.3 is 0 Å². The summed E-state index contributed by atoms with van der Waals surface area (Å²) in [6.45, 7) is 11.9. The Labute approximate surface area is 107 Å². The summed E-state index contributed by atoms with van der Waals surface area (Å²) in [6, 6.07) is 0.756. The molecular formula is C15H30N2. The van der Waals surface area contributed by atoms with Crippen molar-refractivity contribution in [1.82, 2.24) is 10.2 Å². The quantitative estimate of drug-likeness (QED) is 0.809. The van der Waals surface area contributed by atoms with Crippen LogP contribution in [0.15, 0.2) is 0 Å². The van der Waals surface area contributed by atoms with Crippen LogP contribution in [0.1, 0.15) is 66.2 Å². The van der Waals surface area contributed by atoms with Crippen LogP contribution in [0.4, 0.5) is 0 Å². The smallest absolute Gasteiger partial charge is 0.0304 e. The molecule has 100 valence electrons. The third kappa shape index (κ3) is 2.26. The Morgan fingerprint density at radius 2 is 1.82 bits per heavy atom. The Balaban J connectivity index is 2.13. The SMILES string of the molecule is CCC1CNC(CC)(CC)CN1C1(C)CCC1. The van der Waals surface area contributed by atoms with E-state index in [1.54, 1.807) is 0 Å². The highest BCUT2D eigenvalue weighted by atomic mass is 15.3. The van der Waals surface area contributed by atoms with Crippen molar-refractivity contribution in [2.45, 2.75) is 83.3 Å². The number of nitrogens with one attached hydrogen (secondary N) is 1. The molecule has 17 heavy (non-hydrogen) atoms. The monoisotopic (exact) mass is 238 g/mol. The Hall–Kier alpha value is -0.0800. The molecule has 1 aliphatic carbocycles. The van der Waals surface area contributed by atoms with E-state index in [1.807, 2.05) is 0 Å². The maximum Gasteiger partial charge on any atom is 0.0304 e. The van der Waals surface area contributed by atoms with Crippen molar-refractivity contribution in [1.29, 1.82) is 0 Å². The predicted molar refractivity (Wildman–Crippen MR) is 74.4 cm³/mol. The number of hydrogen-bond donors (Lipinski definition) is 1. The van der Waals surface area contributed by atoms with Gasteiger partial charge in [0.05, 0.1) is 0 Å². The first kappa shape index (κ1) is 13.4. The van der Waals surface area contributed by atoms with Gasteiger partial charge < -0.3 is 5.32 Å². The van der Waals surface area contributed by atoms with Crippen molar-refractivity contribution in [3.05, 3.63) is 0 Å². The van der Waals surface area contributed by atoms with E-state index >= 15 is 0 Å². The van der Waals surface area contributed by atoms with E-state index in [0.29, 0.717) is 11.1 Å². The zero-order valence-corrected chi connectivity index (χ0v) is 12.2. The van der Waals surface area contributed by atoms with E-state index in [4.69, 9.17) is 0 Å². The molecule has 0 aromatic carbocycles. The van der Waals surface area contributed by atoms with Crippen LogP contribution in [-0.2, 0) is 0 Å². The van der Waals surface area contributed by atoms with Crippen molar-refractivity contribution in [2.75, 3.05) is 13.1 Å². The molecule has 0 radical (unpaired) electrons. The lowest BCUT2D eigenvalue weighted by molar-refractivity contribution is -0.0519. The molecule has 2 aliphatic rings. The maximum atomic E-state index is 3.84. The second kappa shape index (κ2) is 4.89. The van der Waals surface area contributed by atoms with Crippen molar-refractivity contribution < 1.29 is 0 Å². The molecule has 2 nitrogen and oxygen atoms in total. The summed E-state index contributed by atoms with van der Waals surface area (Å²) in [5.74, 6) is 0. The molecule has 0 amide bonds. The fourth-order valence-corrected chi connectivity index (χ4v) is 3.65. The minimum Gasteiger partial charge on any atom is -0.308 e. The predicted octanol–water partition coefficient (Wildman–Crippen LogP) is 3.17. The first-order valence-electron chi connectivity index (χ1n) is 7.61. The topological polar surface area (TPSA) is 15.3 Å². The van der Waals surface area contributed by atoms with Gasteiger partial charge in [0.1, 0.15) is 0 Å². The molecule has 0 bridgehead atoms. The normalized spacial score (nSPS) is 32.1. The Bertz CT molecular complexity index is 254. The van der Waals surface area contributed by atoms with Crippen LogP contribution in [-0.4, -0.2) is 35.1 Å². The summed E-state index contributed by atoms with van der Waals surface area (Å²) in [6.07, 6.45) is 8.05. The fourth-order valence-electron chi connectivity index (χ4n) is 3.65. The average Bonchev–Trinajstić information content (AvgIpc) is 2.35. The zero-order chi connectivity index (χ0) is 12.5. The molecule has 1 saturated heterocycles. The largest absolute Gasteiger partial charge is 0.308 e. The second-order valence-corrected chi connectivity index (χ2v) is 6.41. The maximum absolute atomic E-state index is 3.84. The summed E-state index contributed by atoms with van der Waals surface area (Å²) in [7, 11) is 0. The summed E-state index contributed by atoms with van der Waals surface area (Å²) in [4.78, 5) is 2.85. The summed E-state index contributed by atoms with van der Waals surface area (Å²) in [5.41, 5.74) is 0.892. The van der Waals surface area contributed by atoms with Gasteiger partial charge in [0.2, 0.25) is 0 Å². The average molecular weight is 238 g/mol. The first-order valence-corrected chi connectivity index (χ1v) is 7.61. The van der Waals surface area contributed by atoms with E-state index in [1.165, 1.54) is 51.6 Å². The van der Waals surface area contributed by atoms with Crippen LogP contribution < -0.4 is 5.32 Å². The van der Waals surface area contributed by atoms with Gasteiger partial charge in [-0.15, -0.1) is 0 Å². The fraction of sp³-hybridized carbons (Fsp3) is 1.00.